The van der Waals surface area contributed by atoms with E-state index in [0.29, 0.717) is 0 Å². The Morgan fingerprint density at radius 3 is 2.50 bits per heavy atom. The maximum absolute atomic E-state index is 4.37. The van der Waals surface area contributed by atoms with E-state index in [0.717, 1.165) is 24.1 Å². The smallest absolute Gasteiger partial charge is 0.0597 e. The minimum absolute atomic E-state index is 0.891. The fourth-order valence-corrected chi connectivity index (χ4v) is 3.08. The first-order chi connectivity index (χ1) is 8.69. The van der Waals surface area contributed by atoms with Crippen molar-refractivity contribution in [2.75, 3.05) is 6.54 Å². The predicted molar refractivity (Wildman–Crippen MR) is 75.4 cm³/mol. The third kappa shape index (κ3) is 3.58. The van der Waals surface area contributed by atoms with Crippen LogP contribution >= 0.6 is 0 Å². The molecule has 0 saturated heterocycles. The van der Waals surface area contributed by atoms with E-state index in [1.807, 2.05) is 11.7 Å². The molecule has 2 rings (SSSR count). The Labute approximate surface area is 111 Å². The van der Waals surface area contributed by atoms with Crippen LogP contribution in [0.4, 0.5) is 0 Å². The lowest BCUT2D eigenvalue weighted by Crippen LogP contribution is -2.26. The molecule has 1 fully saturated rings. The highest BCUT2D eigenvalue weighted by Gasteiger charge is 2.19. The standard InChI is InChI=1S/C15H27N3/c1-4-13-5-7-14(8-6-13)10-16-11-15-9-12(2)17-18(15)3/h9,13-14,16H,4-8,10-11H2,1-3H3. The lowest BCUT2D eigenvalue weighted by Gasteiger charge is -2.27. The second kappa shape index (κ2) is 6.37. The fraction of sp³-hybridized carbons (Fsp3) is 0.800. The molecule has 0 bridgehead atoms. The van der Waals surface area contributed by atoms with Gasteiger partial charge in [0.1, 0.15) is 0 Å². The van der Waals surface area contributed by atoms with Gasteiger partial charge in [-0.05, 0) is 44.2 Å². The van der Waals surface area contributed by atoms with Gasteiger partial charge in [0, 0.05) is 13.6 Å². The van der Waals surface area contributed by atoms with Crippen LogP contribution in [0.1, 0.15) is 50.4 Å². The van der Waals surface area contributed by atoms with Gasteiger partial charge in [0.05, 0.1) is 11.4 Å². The van der Waals surface area contributed by atoms with Gasteiger partial charge in [0.2, 0.25) is 0 Å². The normalized spacial score (nSPS) is 24.4. The summed E-state index contributed by atoms with van der Waals surface area (Å²) in [4.78, 5) is 0. The summed E-state index contributed by atoms with van der Waals surface area (Å²) in [5.41, 5.74) is 2.40. The van der Waals surface area contributed by atoms with Crippen LogP contribution in [0.3, 0.4) is 0 Å². The fourth-order valence-electron chi connectivity index (χ4n) is 3.08. The molecule has 0 amide bonds. The molecule has 0 unspecified atom stereocenters. The van der Waals surface area contributed by atoms with Crippen molar-refractivity contribution in [2.24, 2.45) is 18.9 Å². The Bertz CT molecular complexity index is 362. The highest BCUT2D eigenvalue weighted by atomic mass is 15.3. The van der Waals surface area contributed by atoms with E-state index in [4.69, 9.17) is 0 Å². The van der Waals surface area contributed by atoms with E-state index < -0.39 is 0 Å². The zero-order chi connectivity index (χ0) is 13.0. The maximum Gasteiger partial charge on any atom is 0.0597 e. The Balaban J connectivity index is 1.68. The number of nitrogens with zero attached hydrogens (tertiary/aromatic N) is 2. The summed E-state index contributed by atoms with van der Waals surface area (Å²) in [5, 5.41) is 7.97. The van der Waals surface area contributed by atoms with Crippen molar-refractivity contribution in [2.45, 2.75) is 52.5 Å². The number of hydrogen-bond acceptors (Lipinski definition) is 2. The molecular weight excluding hydrogens is 222 g/mol. The largest absolute Gasteiger partial charge is 0.311 e. The average Bonchev–Trinajstić information content (AvgIpc) is 2.69. The van der Waals surface area contributed by atoms with Crippen molar-refractivity contribution in [1.29, 1.82) is 0 Å². The van der Waals surface area contributed by atoms with Gasteiger partial charge in [-0.2, -0.15) is 5.10 Å². The molecule has 18 heavy (non-hydrogen) atoms. The van der Waals surface area contributed by atoms with Crippen LogP contribution in [-0.4, -0.2) is 16.3 Å². The Kier molecular flexibility index (Phi) is 4.81. The van der Waals surface area contributed by atoms with E-state index in [2.05, 4.69) is 30.3 Å². The number of aryl methyl sites for hydroxylation is 2. The van der Waals surface area contributed by atoms with Crippen LogP contribution in [0.15, 0.2) is 6.07 Å². The monoisotopic (exact) mass is 249 g/mol. The van der Waals surface area contributed by atoms with Gasteiger partial charge in [-0.3, -0.25) is 4.68 Å². The zero-order valence-electron chi connectivity index (χ0n) is 12.1. The summed E-state index contributed by atoms with van der Waals surface area (Å²) in [6.45, 7) is 6.50. The van der Waals surface area contributed by atoms with E-state index >= 15 is 0 Å². The molecule has 0 aliphatic heterocycles. The summed E-state index contributed by atoms with van der Waals surface area (Å²) in [6, 6.07) is 2.17. The molecule has 3 heteroatoms. The minimum atomic E-state index is 0.891. The molecule has 0 spiro atoms. The molecule has 102 valence electrons. The van der Waals surface area contributed by atoms with E-state index in [1.54, 1.807) is 0 Å². The second-order valence-electron chi connectivity index (χ2n) is 5.83. The summed E-state index contributed by atoms with van der Waals surface area (Å²) in [6.07, 6.45) is 7.07. The molecule has 0 atom stereocenters. The highest BCUT2D eigenvalue weighted by Crippen LogP contribution is 2.30. The minimum Gasteiger partial charge on any atom is -0.311 e. The lowest BCUT2D eigenvalue weighted by atomic mass is 9.81. The summed E-state index contributed by atoms with van der Waals surface area (Å²) >= 11 is 0. The van der Waals surface area contributed by atoms with Crippen molar-refractivity contribution in [3.8, 4) is 0 Å². The van der Waals surface area contributed by atoms with Crippen molar-refractivity contribution < 1.29 is 0 Å². The van der Waals surface area contributed by atoms with Gasteiger partial charge in [0.15, 0.2) is 0 Å². The number of aromatic nitrogens is 2. The number of rotatable bonds is 5. The average molecular weight is 249 g/mol. The first-order valence-corrected chi connectivity index (χ1v) is 7.39. The van der Waals surface area contributed by atoms with Gasteiger partial charge in [-0.1, -0.05) is 26.2 Å². The molecule has 1 saturated carbocycles. The second-order valence-corrected chi connectivity index (χ2v) is 5.83. The van der Waals surface area contributed by atoms with Crippen LogP contribution in [0.5, 0.6) is 0 Å². The van der Waals surface area contributed by atoms with E-state index in [1.165, 1.54) is 44.3 Å². The summed E-state index contributed by atoms with van der Waals surface area (Å²) in [7, 11) is 2.02. The molecule has 0 aromatic carbocycles. The molecule has 1 aromatic heterocycles. The third-order valence-corrected chi connectivity index (χ3v) is 4.38. The van der Waals surface area contributed by atoms with Gasteiger partial charge in [-0.15, -0.1) is 0 Å². The zero-order valence-corrected chi connectivity index (χ0v) is 12.1. The first-order valence-electron chi connectivity index (χ1n) is 7.39. The van der Waals surface area contributed by atoms with Crippen LogP contribution in [0.25, 0.3) is 0 Å². The topological polar surface area (TPSA) is 29.9 Å². The molecule has 3 nitrogen and oxygen atoms in total. The van der Waals surface area contributed by atoms with Crippen molar-refractivity contribution in [3.63, 3.8) is 0 Å². The van der Waals surface area contributed by atoms with Crippen molar-refractivity contribution >= 4 is 0 Å². The van der Waals surface area contributed by atoms with Gasteiger partial charge >= 0.3 is 0 Å². The molecule has 1 aliphatic rings. The van der Waals surface area contributed by atoms with Crippen LogP contribution in [-0.2, 0) is 13.6 Å². The third-order valence-electron chi connectivity index (χ3n) is 4.38. The lowest BCUT2D eigenvalue weighted by molar-refractivity contribution is 0.262. The quantitative estimate of drug-likeness (QED) is 0.869. The maximum atomic E-state index is 4.37. The number of nitrogens with one attached hydrogen (secondary N) is 1. The molecule has 1 aromatic rings. The van der Waals surface area contributed by atoms with Gasteiger partial charge in [-0.25, -0.2) is 0 Å². The van der Waals surface area contributed by atoms with Gasteiger partial charge < -0.3 is 5.32 Å². The Morgan fingerprint density at radius 2 is 1.94 bits per heavy atom. The molecular formula is C15H27N3. The SMILES string of the molecule is CCC1CCC(CNCc2cc(C)nn2C)CC1. The van der Waals surface area contributed by atoms with Crippen LogP contribution < -0.4 is 5.32 Å². The Hall–Kier alpha value is -0.830. The first kappa shape index (κ1) is 13.6. The van der Waals surface area contributed by atoms with Crippen LogP contribution in [0.2, 0.25) is 0 Å². The highest BCUT2D eigenvalue weighted by molar-refractivity contribution is 5.08. The molecule has 1 aliphatic carbocycles. The van der Waals surface area contributed by atoms with Crippen LogP contribution in [0, 0.1) is 18.8 Å². The number of hydrogen-bond donors (Lipinski definition) is 1. The molecule has 1 N–H and O–H groups in total. The van der Waals surface area contributed by atoms with Gasteiger partial charge in [0.25, 0.3) is 0 Å². The van der Waals surface area contributed by atoms with Crippen molar-refractivity contribution in [1.82, 2.24) is 15.1 Å². The summed E-state index contributed by atoms with van der Waals surface area (Å²) in [5.74, 6) is 1.89. The van der Waals surface area contributed by atoms with Crippen molar-refractivity contribution in [3.05, 3.63) is 17.5 Å². The molecule has 0 radical (unpaired) electrons. The molecule has 1 heterocycles. The van der Waals surface area contributed by atoms with E-state index in [-0.39, 0.29) is 0 Å². The predicted octanol–water partition coefficient (Wildman–Crippen LogP) is 3.03. The Morgan fingerprint density at radius 1 is 1.28 bits per heavy atom. The summed E-state index contributed by atoms with van der Waals surface area (Å²) < 4.78 is 1.98. The van der Waals surface area contributed by atoms with E-state index in [9.17, 15) is 0 Å².